The van der Waals surface area contributed by atoms with E-state index < -0.39 is 0 Å². The Balaban J connectivity index is 2.09. The molecule has 0 aromatic heterocycles. The predicted octanol–water partition coefficient (Wildman–Crippen LogP) is 3.85. The maximum atomic E-state index is 6.01. The molecular formula is C16H25ClN2. The van der Waals surface area contributed by atoms with Crippen molar-refractivity contribution in [3.63, 3.8) is 0 Å². The van der Waals surface area contributed by atoms with Crippen LogP contribution >= 0.6 is 11.6 Å². The molecule has 0 spiro atoms. The SMILES string of the molecule is CC1CCCC(N(C)C(CN)c2ccc(Cl)cc2)C1. The van der Waals surface area contributed by atoms with Crippen molar-refractivity contribution in [1.29, 1.82) is 0 Å². The Morgan fingerprint density at radius 2 is 2.00 bits per heavy atom. The topological polar surface area (TPSA) is 29.3 Å². The molecule has 0 amide bonds. The maximum Gasteiger partial charge on any atom is 0.0470 e. The number of benzene rings is 1. The molecule has 0 heterocycles. The molecule has 2 rings (SSSR count). The van der Waals surface area contributed by atoms with Crippen LogP contribution in [0.15, 0.2) is 24.3 Å². The van der Waals surface area contributed by atoms with Crippen molar-refractivity contribution in [2.45, 2.75) is 44.7 Å². The minimum atomic E-state index is 0.299. The van der Waals surface area contributed by atoms with Crippen LogP contribution in [0.5, 0.6) is 0 Å². The molecule has 3 unspecified atom stereocenters. The van der Waals surface area contributed by atoms with E-state index in [9.17, 15) is 0 Å². The van der Waals surface area contributed by atoms with E-state index >= 15 is 0 Å². The van der Waals surface area contributed by atoms with Crippen molar-refractivity contribution in [3.05, 3.63) is 34.9 Å². The zero-order valence-electron chi connectivity index (χ0n) is 12.0. The van der Waals surface area contributed by atoms with Crippen molar-refractivity contribution >= 4 is 11.6 Å². The number of likely N-dealkylation sites (N-methyl/N-ethyl adjacent to an activating group) is 1. The first-order chi connectivity index (χ1) is 9.11. The Hall–Kier alpha value is -0.570. The van der Waals surface area contributed by atoms with Crippen molar-refractivity contribution < 1.29 is 0 Å². The second-order valence-electron chi connectivity index (χ2n) is 5.89. The molecule has 3 heteroatoms. The molecule has 1 aliphatic rings. The maximum absolute atomic E-state index is 6.01. The molecule has 0 radical (unpaired) electrons. The zero-order valence-corrected chi connectivity index (χ0v) is 12.7. The van der Waals surface area contributed by atoms with Gasteiger partial charge in [-0.2, -0.15) is 0 Å². The minimum Gasteiger partial charge on any atom is -0.329 e. The van der Waals surface area contributed by atoms with Gasteiger partial charge in [-0.05, 0) is 43.5 Å². The van der Waals surface area contributed by atoms with E-state index in [0.29, 0.717) is 18.6 Å². The lowest BCUT2D eigenvalue weighted by molar-refractivity contribution is 0.121. The van der Waals surface area contributed by atoms with Gasteiger partial charge >= 0.3 is 0 Å². The highest BCUT2D eigenvalue weighted by Gasteiger charge is 2.27. The van der Waals surface area contributed by atoms with Crippen LogP contribution in [0.1, 0.15) is 44.2 Å². The first-order valence-corrected chi connectivity index (χ1v) is 7.67. The molecule has 3 atom stereocenters. The van der Waals surface area contributed by atoms with E-state index in [1.807, 2.05) is 12.1 Å². The quantitative estimate of drug-likeness (QED) is 0.908. The molecule has 1 saturated carbocycles. The second kappa shape index (κ2) is 6.74. The van der Waals surface area contributed by atoms with Crippen molar-refractivity contribution in [2.24, 2.45) is 11.7 Å². The molecule has 1 aromatic carbocycles. The van der Waals surface area contributed by atoms with Gasteiger partial charge < -0.3 is 5.73 Å². The van der Waals surface area contributed by atoms with Crippen LogP contribution in [0.3, 0.4) is 0 Å². The lowest BCUT2D eigenvalue weighted by Crippen LogP contribution is -2.41. The van der Waals surface area contributed by atoms with Gasteiger partial charge in [0.2, 0.25) is 0 Å². The normalized spacial score (nSPS) is 25.5. The molecule has 1 aromatic rings. The number of hydrogen-bond acceptors (Lipinski definition) is 2. The van der Waals surface area contributed by atoms with Crippen LogP contribution in [0, 0.1) is 5.92 Å². The number of nitrogens with zero attached hydrogens (tertiary/aromatic N) is 1. The van der Waals surface area contributed by atoms with E-state index in [0.717, 1.165) is 10.9 Å². The summed E-state index contributed by atoms with van der Waals surface area (Å²) < 4.78 is 0. The van der Waals surface area contributed by atoms with Crippen molar-refractivity contribution in [3.8, 4) is 0 Å². The summed E-state index contributed by atoms with van der Waals surface area (Å²) in [7, 11) is 2.22. The monoisotopic (exact) mass is 280 g/mol. The Morgan fingerprint density at radius 1 is 1.32 bits per heavy atom. The summed E-state index contributed by atoms with van der Waals surface area (Å²) in [6.07, 6.45) is 5.30. The Morgan fingerprint density at radius 3 is 2.58 bits per heavy atom. The standard InChI is InChI=1S/C16H25ClN2/c1-12-4-3-5-15(10-12)19(2)16(11-18)13-6-8-14(17)9-7-13/h6-9,12,15-16H,3-5,10-11,18H2,1-2H3. The summed E-state index contributed by atoms with van der Waals surface area (Å²) >= 11 is 5.96. The van der Waals surface area contributed by atoms with Crippen LogP contribution in [0.2, 0.25) is 5.02 Å². The van der Waals surface area contributed by atoms with Gasteiger partial charge in [0.05, 0.1) is 0 Å². The largest absolute Gasteiger partial charge is 0.329 e. The first-order valence-electron chi connectivity index (χ1n) is 7.29. The molecule has 106 valence electrons. The molecule has 2 nitrogen and oxygen atoms in total. The smallest absolute Gasteiger partial charge is 0.0470 e. The highest BCUT2D eigenvalue weighted by Crippen LogP contribution is 2.31. The van der Waals surface area contributed by atoms with Gasteiger partial charge in [-0.3, -0.25) is 4.90 Å². The van der Waals surface area contributed by atoms with Gasteiger partial charge in [0.25, 0.3) is 0 Å². The lowest BCUT2D eigenvalue weighted by Gasteiger charge is -2.39. The summed E-state index contributed by atoms with van der Waals surface area (Å²) in [5.74, 6) is 0.838. The lowest BCUT2D eigenvalue weighted by atomic mass is 9.85. The molecule has 0 saturated heterocycles. The van der Waals surface area contributed by atoms with E-state index in [-0.39, 0.29) is 0 Å². The number of rotatable bonds is 4. The van der Waals surface area contributed by atoms with Gasteiger partial charge in [0.1, 0.15) is 0 Å². The van der Waals surface area contributed by atoms with Gasteiger partial charge in [0.15, 0.2) is 0 Å². The van der Waals surface area contributed by atoms with E-state index in [2.05, 4.69) is 31.0 Å². The van der Waals surface area contributed by atoms with Crippen LogP contribution in [-0.2, 0) is 0 Å². The second-order valence-corrected chi connectivity index (χ2v) is 6.33. The van der Waals surface area contributed by atoms with Crippen LogP contribution < -0.4 is 5.73 Å². The van der Waals surface area contributed by atoms with Crippen LogP contribution in [-0.4, -0.2) is 24.5 Å². The Bertz CT molecular complexity index is 390. The fourth-order valence-electron chi connectivity index (χ4n) is 3.25. The van der Waals surface area contributed by atoms with E-state index in [1.54, 1.807) is 0 Å². The summed E-state index contributed by atoms with van der Waals surface area (Å²) in [6, 6.07) is 9.07. The Kier molecular flexibility index (Phi) is 5.26. The minimum absolute atomic E-state index is 0.299. The molecule has 0 aliphatic heterocycles. The highest BCUT2D eigenvalue weighted by molar-refractivity contribution is 6.30. The number of halogens is 1. The van der Waals surface area contributed by atoms with Gasteiger partial charge in [-0.15, -0.1) is 0 Å². The molecule has 1 fully saturated rings. The van der Waals surface area contributed by atoms with Crippen molar-refractivity contribution in [2.75, 3.05) is 13.6 Å². The molecule has 2 N–H and O–H groups in total. The highest BCUT2D eigenvalue weighted by atomic mass is 35.5. The van der Waals surface area contributed by atoms with Gasteiger partial charge in [-0.1, -0.05) is 43.5 Å². The fourth-order valence-corrected chi connectivity index (χ4v) is 3.37. The third-order valence-electron chi connectivity index (χ3n) is 4.45. The third kappa shape index (κ3) is 3.71. The first kappa shape index (κ1) is 14.8. The average Bonchev–Trinajstić information content (AvgIpc) is 2.41. The Labute approximate surface area is 121 Å². The average molecular weight is 281 g/mol. The van der Waals surface area contributed by atoms with Gasteiger partial charge in [-0.25, -0.2) is 0 Å². The molecular weight excluding hydrogens is 256 g/mol. The third-order valence-corrected chi connectivity index (χ3v) is 4.71. The number of nitrogens with two attached hydrogens (primary N) is 1. The molecule has 1 aliphatic carbocycles. The van der Waals surface area contributed by atoms with E-state index in [4.69, 9.17) is 17.3 Å². The van der Waals surface area contributed by atoms with Crippen LogP contribution in [0.25, 0.3) is 0 Å². The summed E-state index contributed by atoms with van der Waals surface area (Å²) in [4.78, 5) is 2.47. The van der Waals surface area contributed by atoms with Gasteiger partial charge in [0, 0.05) is 23.7 Å². The fraction of sp³-hybridized carbons (Fsp3) is 0.625. The molecule has 0 bridgehead atoms. The summed E-state index contributed by atoms with van der Waals surface area (Å²) in [6.45, 7) is 3.02. The summed E-state index contributed by atoms with van der Waals surface area (Å²) in [5.41, 5.74) is 7.28. The van der Waals surface area contributed by atoms with Crippen molar-refractivity contribution in [1.82, 2.24) is 4.90 Å². The predicted molar refractivity (Wildman–Crippen MR) is 82.4 cm³/mol. The van der Waals surface area contributed by atoms with E-state index in [1.165, 1.54) is 31.2 Å². The molecule has 19 heavy (non-hydrogen) atoms. The number of hydrogen-bond donors (Lipinski definition) is 1. The van der Waals surface area contributed by atoms with Crippen LogP contribution in [0.4, 0.5) is 0 Å². The summed E-state index contributed by atoms with van der Waals surface area (Å²) in [5, 5.41) is 0.786. The zero-order chi connectivity index (χ0) is 13.8.